The molecule has 0 bridgehead atoms. The van der Waals surface area contributed by atoms with Crippen LogP contribution < -0.4 is 4.74 Å². The fourth-order valence-corrected chi connectivity index (χ4v) is 1.67. The van der Waals surface area contributed by atoms with E-state index in [0.717, 1.165) is 11.3 Å². The zero-order valence-electron chi connectivity index (χ0n) is 6.97. The van der Waals surface area contributed by atoms with Crippen molar-refractivity contribution in [2.45, 2.75) is 11.8 Å². The van der Waals surface area contributed by atoms with Crippen LogP contribution >= 0.6 is 27.5 Å². The smallest absolute Gasteiger partial charge is 0.141 e. The van der Waals surface area contributed by atoms with Gasteiger partial charge in [-0.25, -0.2) is 0 Å². The van der Waals surface area contributed by atoms with Crippen LogP contribution in [0.3, 0.4) is 0 Å². The Hall–Kier alpha value is -0.210. The van der Waals surface area contributed by atoms with Gasteiger partial charge in [-0.3, -0.25) is 0 Å². The largest absolute Gasteiger partial charge is 0.495 e. The molecule has 0 saturated carbocycles. The Morgan fingerprint density at radius 2 is 2.17 bits per heavy atom. The topological polar surface area (TPSA) is 9.23 Å². The molecule has 0 amide bonds. The molecular weight excluding hydrogens is 239 g/mol. The van der Waals surface area contributed by atoms with Crippen LogP contribution in [0.25, 0.3) is 0 Å². The molecule has 0 radical (unpaired) electrons. The average Bonchev–Trinajstić information content (AvgIpc) is 2.03. The third-order valence-corrected chi connectivity index (χ3v) is 2.42. The van der Waals surface area contributed by atoms with Crippen LogP contribution in [-0.4, -0.2) is 7.11 Å². The molecule has 3 heteroatoms. The summed E-state index contributed by atoms with van der Waals surface area (Å²) < 4.78 is 5.18. The van der Waals surface area contributed by atoms with Gasteiger partial charge < -0.3 is 4.74 Å². The van der Waals surface area contributed by atoms with Gasteiger partial charge in [-0.05, 0) is 13.0 Å². The van der Waals surface area contributed by atoms with Crippen LogP contribution in [0.5, 0.6) is 5.75 Å². The number of para-hydroxylation sites is 1. The molecule has 0 fully saturated rings. The van der Waals surface area contributed by atoms with Crippen molar-refractivity contribution < 1.29 is 4.74 Å². The van der Waals surface area contributed by atoms with Crippen molar-refractivity contribution in [2.75, 3.05) is 7.11 Å². The minimum Gasteiger partial charge on any atom is -0.495 e. The number of hydrogen-bond donors (Lipinski definition) is 0. The second-order valence-corrected chi connectivity index (χ2v) is 4.26. The molecule has 0 aliphatic heterocycles. The van der Waals surface area contributed by atoms with Gasteiger partial charge in [0.15, 0.2) is 0 Å². The molecule has 1 rings (SSSR count). The van der Waals surface area contributed by atoms with E-state index in [-0.39, 0.29) is 4.83 Å². The van der Waals surface area contributed by atoms with Crippen LogP contribution in [0.1, 0.15) is 17.3 Å². The predicted molar refractivity (Wildman–Crippen MR) is 55.3 cm³/mol. The number of ether oxygens (including phenoxy) is 1. The fraction of sp³-hybridized carbons (Fsp3) is 0.333. The van der Waals surface area contributed by atoms with Crippen LogP contribution in [0.4, 0.5) is 0 Å². The monoisotopic (exact) mass is 248 g/mol. The van der Waals surface area contributed by atoms with Gasteiger partial charge in [0.2, 0.25) is 0 Å². The number of hydrogen-bond acceptors (Lipinski definition) is 1. The molecule has 1 aromatic carbocycles. The van der Waals surface area contributed by atoms with E-state index in [0.29, 0.717) is 5.02 Å². The van der Waals surface area contributed by atoms with Crippen LogP contribution in [0.2, 0.25) is 5.02 Å². The van der Waals surface area contributed by atoms with Crippen molar-refractivity contribution in [3.05, 3.63) is 28.8 Å². The lowest BCUT2D eigenvalue weighted by Gasteiger charge is -2.11. The summed E-state index contributed by atoms with van der Waals surface area (Å²) in [5.41, 5.74) is 1.07. The first-order valence-electron chi connectivity index (χ1n) is 3.63. The van der Waals surface area contributed by atoms with Gasteiger partial charge in [0.25, 0.3) is 0 Å². The lowest BCUT2D eigenvalue weighted by atomic mass is 10.1. The molecule has 0 spiro atoms. The van der Waals surface area contributed by atoms with Crippen molar-refractivity contribution in [3.8, 4) is 5.75 Å². The summed E-state index contributed by atoms with van der Waals surface area (Å²) in [6.45, 7) is 2.04. The van der Waals surface area contributed by atoms with Crippen LogP contribution in [-0.2, 0) is 0 Å². The number of benzene rings is 1. The van der Waals surface area contributed by atoms with Crippen molar-refractivity contribution >= 4 is 27.5 Å². The first-order valence-corrected chi connectivity index (χ1v) is 4.92. The second kappa shape index (κ2) is 4.15. The van der Waals surface area contributed by atoms with E-state index in [1.807, 2.05) is 25.1 Å². The molecule has 1 aromatic rings. The Bertz CT molecular complexity index is 273. The molecule has 1 unspecified atom stereocenters. The highest BCUT2D eigenvalue weighted by Gasteiger charge is 2.10. The predicted octanol–water partition coefficient (Wildman–Crippen LogP) is 3.80. The van der Waals surface area contributed by atoms with Crippen molar-refractivity contribution in [1.29, 1.82) is 0 Å². The van der Waals surface area contributed by atoms with E-state index in [9.17, 15) is 0 Å². The molecule has 0 N–H and O–H groups in total. The van der Waals surface area contributed by atoms with Crippen molar-refractivity contribution in [2.24, 2.45) is 0 Å². The average molecular weight is 250 g/mol. The van der Waals surface area contributed by atoms with Gasteiger partial charge in [-0.15, -0.1) is 0 Å². The van der Waals surface area contributed by atoms with Crippen molar-refractivity contribution in [3.63, 3.8) is 0 Å². The maximum atomic E-state index is 5.93. The van der Waals surface area contributed by atoms with Gasteiger partial charge in [-0.2, -0.15) is 0 Å². The van der Waals surface area contributed by atoms with Crippen LogP contribution in [0.15, 0.2) is 18.2 Å². The molecule has 0 heterocycles. The second-order valence-electron chi connectivity index (χ2n) is 2.48. The fourth-order valence-electron chi connectivity index (χ4n) is 1.05. The minimum absolute atomic E-state index is 0.256. The van der Waals surface area contributed by atoms with Gasteiger partial charge in [-0.1, -0.05) is 39.7 Å². The van der Waals surface area contributed by atoms with Gasteiger partial charge in [0, 0.05) is 10.4 Å². The van der Waals surface area contributed by atoms with Crippen molar-refractivity contribution in [1.82, 2.24) is 0 Å². The van der Waals surface area contributed by atoms with E-state index in [2.05, 4.69) is 15.9 Å². The maximum absolute atomic E-state index is 5.93. The lowest BCUT2D eigenvalue weighted by Crippen LogP contribution is -1.92. The molecule has 0 saturated heterocycles. The molecule has 12 heavy (non-hydrogen) atoms. The van der Waals surface area contributed by atoms with E-state index in [4.69, 9.17) is 16.3 Å². The quantitative estimate of drug-likeness (QED) is 0.724. The zero-order valence-corrected chi connectivity index (χ0v) is 9.32. The molecular formula is C9H10BrClO. The molecule has 66 valence electrons. The summed E-state index contributed by atoms with van der Waals surface area (Å²) in [6.07, 6.45) is 0. The minimum atomic E-state index is 0.256. The number of rotatable bonds is 2. The zero-order chi connectivity index (χ0) is 9.14. The van der Waals surface area contributed by atoms with E-state index in [1.165, 1.54) is 0 Å². The lowest BCUT2D eigenvalue weighted by molar-refractivity contribution is 0.410. The van der Waals surface area contributed by atoms with E-state index >= 15 is 0 Å². The first kappa shape index (κ1) is 9.87. The Kier molecular flexibility index (Phi) is 3.41. The SMILES string of the molecule is COc1c(Cl)cccc1C(C)Br. The number of methoxy groups -OCH3 is 1. The molecule has 0 aliphatic carbocycles. The Morgan fingerprint density at radius 3 is 2.58 bits per heavy atom. The van der Waals surface area contributed by atoms with Gasteiger partial charge in [0.1, 0.15) is 5.75 Å². The third kappa shape index (κ3) is 1.93. The van der Waals surface area contributed by atoms with Gasteiger partial charge in [0.05, 0.1) is 12.1 Å². The van der Waals surface area contributed by atoms with Crippen LogP contribution in [0, 0.1) is 0 Å². The summed E-state index contributed by atoms with van der Waals surface area (Å²) in [4.78, 5) is 0.256. The first-order chi connectivity index (χ1) is 5.66. The van der Waals surface area contributed by atoms with E-state index in [1.54, 1.807) is 7.11 Å². The molecule has 1 nitrogen and oxygen atoms in total. The summed E-state index contributed by atoms with van der Waals surface area (Å²) in [5, 5.41) is 0.654. The Balaban J connectivity index is 3.18. The standard InChI is InChI=1S/C9H10BrClO/c1-6(10)7-4-3-5-8(11)9(7)12-2/h3-6H,1-2H3. The van der Waals surface area contributed by atoms with E-state index < -0.39 is 0 Å². The maximum Gasteiger partial charge on any atom is 0.141 e. The highest BCUT2D eigenvalue weighted by molar-refractivity contribution is 9.09. The molecule has 0 aliphatic rings. The molecule has 1 atom stereocenters. The Labute approximate surface area is 85.8 Å². The summed E-state index contributed by atoms with van der Waals surface area (Å²) >= 11 is 9.40. The Morgan fingerprint density at radius 1 is 1.50 bits per heavy atom. The highest BCUT2D eigenvalue weighted by Crippen LogP contribution is 2.35. The third-order valence-electron chi connectivity index (χ3n) is 1.63. The number of alkyl halides is 1. The summed E-state index contributed by atoms with van der Waals surface area (Å²) in [6, 6.07) is 5.72. The molecule has 0 aromatic heterocycles. The van der Waals surface area contributed by atoms with Gasteiger partial charge >= 0.3 is 0 Å². The number of halogens is 2. The highest BCUT2D eigenvalue weighted by atomic mass is 79.9. The normalized spacial score (nSPS) is 12.7. The summed E-state index contributed by atoms with van der Waals surface area (Å²) in [5.74, 6) is 0.753. The summed E-state index contributed by atoms with van der Waals surface area (Å²) in [7, 11) is 1.63.